The lowest BCUT2D eigenvalue weighted by atomic mass is 10.2. The second-order valence-electron chi connectivity index (χ2n) is 5.76. The van der Waals surface area contributed by atoms with Gasteiger partial charge in [0.1, 0.15) is 11.6 Å². The van der Waals surface area contributed by atoms with Crippen molar-refractivity contribution in [2.24, 2.45) is 0 Å². The Bertz CT molecular complexity index is 1250. The summed E-state index contributed by atoms with van der Waals surface area (Å²) in [5, 5.41) is 1.02. The number of benzene rings is 2. The van der Waals surface area contributed by atoms with E-state index in [0.29, 0.717) is 10.1 Å². The van der Waals surface area contributed by atoms with Gasteiger partial charge >= 0.3 is 6.18 Å². The maximum atomic E-state index is 13.5. The Morgan fingerprint density at radius 3 is 2.29 bits per heavy atom. The summed E-state index contributed by atoms with van der Waals surface area (Å²) < 4.78 is 67.4. The van der Waals surface area contributed by atoms with Crippen LogP contribution in [0, 0.1) is 11.6 Å². The van der Waals surface area contributed by atoms with Crippen LogP contribution >= 0.6 is 11.3 Å². The highest BCUT2D eigenvalue weighted by Gasteiger charge is 2.38. The van der Waals surface area contributed by atoms with Gasteiger partial charge in [0.2, 0.25) is 5.82 Å². The number of hydrogen-bond donors (Lipinski definition) is 0. The minimum atomic E-state index is -4.97. The lowest BCUT2D eigenvalue weighted by Crippen LogP contribution is -2.28. The Labute approximate surface area is 157 Å². The van der Waals surface area contributed by atoms with Crippen LogP contribution in [0.3, 0.4) is 0 Å². The molecule has 0 unspecified atom stereocenters. The molecular formula is C18H8F5N3OS. The maximum absolute atomic E-state index is 13.5. The Kier molecular flexibility index (Phi) is 4.22. The normalized spacial score (nSPS) is 11.9. The van der Waals surface area contributed by atoms with Gasteiger partial charge in [-0.1, -0.05) is 0 Å². The number of alkyl halides is 3. The summed E-state index contributed by atoms with van der Waals surface area (Å²) in [7, 11) is 0. The minimum absolute atomic E-state index is 0.173. The summed E-state index contributed by atoms with van der Waals surface area (Å²) in [4.78, 5) is 20.3. The fourth-order valence-electron chi connectivity index (χ4n) is 2.65. The van der Waals surface area contributed by atoms with Gasteiger partial charge in [0.15, 0.2) is 5.13 Å². The molecule has 4 rings (SSSR count). The van der Waals surface area contributed by atoms with Crippen molar-refractivity contribution in [2.75, 3.05) is 0 Å². The largest absolute Gasteiger partial charge is 0.450 e. The molecule has 0 N–H and O–H groups in total. The molecule has 28 heavy (non-hydrogen) atoms. The molecule has 0 aliphatic rings. The van der Waals surface area contributed by atoms with E-state index < -0.39 is 34.7 Å². The van der Waals surface area contributed by atoms with Gasteiger partial charge in [-0.05, 0) is 36.4 Å². The average Bonchev–Trinajstić information content (AvgIpc) is 3.10. The highest BCUT2D eigenvalue weighted by Crippen LogP contribution is 2.32. The van der Waals surface area contributed by atoms with Gasteiger partial charge in [0, 0.05) is 17.0 Å². The molecule has 0 aliphatic carbocycles. The lowest BCUT2D eigenvalue weighted by molar-refractivity contribution is -0.146. The van der Waals surface area contributed by atoms with Crippen molar-refractivity contribution in [1.29, 1.82) is 0 Å². The molecule has 2 aromatic heterocycles. The zero-order valence-corrected chi connectivity index (χ0v) is 14.5. The van der Waals surface area contributed by atoms with Crippen molar-refractivity contribution in [3.8, 4) is 16.4 Å². The van der Waals surface area contributed by atoms with Crippen LogP contribution in [0.1, 0.15) is 5.82 Å². The zero-order chi connectivity index (χ0) is 20.1. The molecule has 0 bridgehead atoms. The number of halogens is 5. The van der Waals surface area contributed by atoms with Gasteiger partial charge in [-0.2, -0.15) is 13.2 Å². The number of nitrogens with zero attached hydrogens (tertiary/aromatic N) is 3. The number of fused-ring (bicyclic) bond motifs is 1. The summed E-state index contributed by atoms with van der Waals surface area (Å²) in [6.45, 7) is 0. The second kappa shape index (κ2) is 6.48. The molecule has 0 saturated heterocycles. The fraction of sp³-hybridized carbons (Fsp3) is 0.0556. The second-order valence-corrected chi connectivity index (χ2v) is 6.59. The van der Waals surface area contributed by atoms with E-state index in [2.05, 4.69) is 9.97 Å². The fourth-order valence-corrected chi connectivity index (χ4v) is 3.48. The summed E-state index contributed by atoms with van der Waals surface area (Å²) in [6, 6.07) is 8.02. The highest BCUT2D eigenvalue weighted by molar-refractivity contribution is 7.12. The van der Waals surface area contributed by atoms with Gasteiger partial charge in [0.25, 0.3) is 5.56 Å². The lowest BCUT2D eigenvalue weighted by Gasteiger charge is -2.13. The Morgan fingerprint density at radius 2 is 1.61 bits per heavy atom. The molecule has 0 atom stereocenters. The van der Waals surface area contributed by atoms with E-state index in [1.807, 2.05) is 0 Å². The predicted molar refractivity (Wildman–Crippen MR) is 93.4 cm³/mol. The first-order valence-corrected chi connectivity index (χ1v) is 8.63. The van der Waals surface area contributed by atoms with Crippen molar-refractivity contribution >= 4 is 22.2 Å². The molecule has 4 nitrogen and oxygen atoms in total. The molecule has 0 saturated carbocycles. The van der Waals surface area contributed by atoms with Crippen molar-refractivity contribution in [3.05, 3.63) is 75.7 Å². The summed E-state index contributed by atoms with van der Waals surface area (Å²) in [5.74, 6) is -2.78. The van der Waals surface area contributed by atoms with Crippen molar-refractivity contribution in [1.82, 2.24) is 14.5 Å². The monoisotopic (exact) mass is 409 g/mol. The van der Waals surface area contributed by atoms with Gasteiger partial charge in [-0.15, -0.1) is 11.3 Å². The standard InChI is InChI=1S/C18H8F5N3OS/c19-10-3-1-9(2-4-10)14-8-28-17(25-14)26-15(27)12-6-5-11(20)7-13(12)24-16(26)18(21,22)23/h1-8H. The van der Waals surface area contributed by atoms with Crippen LogP contribution in [-0.2, 0) is 6.18 Å². The molecule has 2 aromatic carbocycles. The van der Waals surface area contributed by atoms with E-state index in [0.717, 1.165) is 29.5 Å². The summed E-state index contributed by atoms with van der Waals surface area (Å²) in [6.07, 6.45) is -4.97. The summed E-state index contributed by atoms with van der Waals surface area (Å²) >= 11 is 0.802. The molecule has 10 heteroatoms. The van der Waals surface area contributed by atoms with Gasteiger partial charge < -0.3 is 0 Å². The Balaban J connectivity index is 1.95. The maximum Gasteiger partial charge on any atom is 0.450 e. The molecule has 4 aromatic rings. The minimum Gasteiger partial charge on any atom is -0.268 e. The molecule has 0 aliphatic heterocycles. The van der Waals surface area contributed by atoms with E-state index in [9.17, 15) is 26.7 Å². The van der Waals surface area contributed by atoms with E-state index in [1.165, 1.54) is 29.6 Å². The van der Waals surface area contributed by atoms with E-state index in [1.54, 1.807) is 0 Å². The Hall–Kier alpha value is -3.14. The third-order valence-electron chi connectivity index (χ3n) is 3.91. The first-order valence-electron chi connectivity index (χ1n) is 7.75. The third-order valence-corrected chi connectivity index (χ3v) is 4.73. The first-order chi connectivity index (χ1) is 13.2. The van der Waals surface area contributed by atoms with Crippen LogP contribution in [0.2, 0.25) is 0 Å². The highest BCUT2D eigenvalue weighted by atomic mass is 32.1. The average molecular weight is 409 g/mol. The SMILES string of the molecule is O=c1c2ccc(F)cc2nc(C(F)(F)F)n1-c1nc(-c2ccc(F)cc2)cs1. The topological polar surface area (TPSA) is 47.8 Å². The van der Waals surface area contributed by atoms with Crippen molar-refractivity contribution < 1.29 is 22.0 Å². The smallest absolute Gasteiger partial charge is 0.268 e. The number of rotatable bonds is 2. The van der Waals surface area contributed by atoms with Crippen LogP contribution in [0.25, 0.3) is 27.3 Å². The van der Waals surface area contributed by atoms with E-state index in [-0.39, 0.29) is 16.2 Å². The number of hydrogen-bond acceptors (Lipinski definition) is 4. The van der Waals surface area contributed by atoms with Gasteiger partial charge in [-0.25, -0.2) is 23.3 Å². The van der Waals surface area contributed by atoms with Crippen LogP contribution in [0.15, 0.2) is 52.6 Å². The van der Waals surface area contributed by atoms with Crippen molar-refractivity contribution in [2.45, 2.75) is 6.18 Å². The molecular weight excluding hydrogens is 401 g/mol. The molecule has 0 spiro atoms. The number of aromatic nitrogens is 3. The Morgan fingerprint density at radius 1 is 0.929 bits per heavy atom. The molecule has 142 valence electrons. The van der Waals surface area contributed by atoms with Crippen molar-refractivity contribution in [3.63, 3.8) is 0 Å². The summed E-state index contributed by atoms with van der Waals surface area (Å²) in [5.41, 5.74) is -0.665. The van der Waals surface area contributed by atoms with E-state index >= 15 is 0 Å². The van der Waals surface area contributed by atoms with Crippen LogP contribution < -0.4 is 5.56 Å². The van der Waals surface area contributed by atoms with E-state index in [4.69, 9.17) is 0 Å². The quantitative estimate of drug-likeness (QED) is 0.447. The molecule has 0 fully saturated rings. The predicted octanol–water partition coefficient (Wildman–Crippen LogP) is 4.81. The molecule has 0 radical (unpaired) electrons. The number of thiazole rings is 1. The van der Waals surface area contributed by atoms with Crippen LogP contribution in [0.4, 0.5) is 22.0 Å². The first kappa shape index (κ1) is 18.2. The zero-order valence-electron chi connectivity index (χ0n) is 13.7. The van der Waals surface area contributed by atoms with Gasteiger partial charge in [-0.3, -0.25) is 4.79 Å². The molecule has 2 heterocycles. The third kappa shape index (κ3) is 3.15. The van der Waals surface area contributed by atoms with Gasteiger partial charge in [0.05, 0.1) is 16.6 Å². The molecule has 0 amide bonds. The van der Waals surface area contributed by atoms with Crippen LogP contribution in [0.5, 0.6) is 0 Å². The van der Waals surface area contributed by atoms with Crippen LogP contribution in [-0.4, -0.2) is 14.5 Å².